The first-order valence-electron chi connectivity index (χ1n) is 8.05. The molecule has 3 aromatic rings. The Morgan fingerprint density at radius 3 is 2.28 bits per heavy atom. The van der Waals surface area contributed by atoms with Crippen molar-refractivity contribution in [3.05, 3.63) is 106 Å². The highest BCUT2D eigenvalue weighted by Gasteiger charge is 2.49. The number of rotatable bonds is 3. The van der Waals surface area contributed by atoms with E-state index in [0.29, 0.717) is 21.7 Å². The molecule has 4 heteroatoms. The SMILES string of the molecule is O=C1c2ccccc2[C@](O)(c2ccccc2)N1Cc1ccccc1Cl. The predicted molar refractivity (Wildman–Crippen MR) is 97.2 cm³/mol. The van der Waals surface area contributed by atoms with Crippen molar-refractivity contribution < 1.29 is 9.90 Å². The van der Waals surface area contributed by atoms with Gasteiger partial charge in [-0.25, -0.2) is 0 Å². The van der Waals surface area contributed by atoms with Crippen molar-refractivity contribution in [3.63, 3.8) is 0 Å². The van der Waals surface area contributed by atoms with Gasteiger partial charge in [0.2, 0.25) is 0 Å². The minimum atomic E-state index is -1.52. The topological polar surface area (TPSA) is 40.5 Å². The molecule has 1 aliphatic heterocycles. The van der Waals surface area contributed by atoms with Gasteiger partial charge in [-0.15, -0.1) is 0 Å². The number of fused-ring (bicyclic) bond motifs is 1. The minimum absolute atomic E-state index is 0.207. The average Bonchev–Trinajstić information content (AvgIpc) is 2.87. The molecule has 0 spiro atoms. The molecular weight excluding hydrogens is 334 g/mol. The van der Waals surface area contributed by atoms with E-state index in [1.165, 1.54) is 4.90 Å². The summed E-state index contributed by atoms with van der Waals surface area (Å²) in [7, 11) is 0. The first-order valence-corrected chi connectivity index (χ1v) is 8.43. The molecule has 1 amide bonds. The third-order valence-electron chi connectivity index (χ3n) is 4.63. The van der Waals surface area contributed by atoms with Crippen LogP contribution in [0.4, 0.5) is 0 Å². The average molecular weight is 350 g/mol. The summed E-state index contributed by atoms with van der Waals surface area (Å²) in [6.07, 6.45) is 0. The van der Waals surface area contributed by atoms with Crippen molar-refractivity contribution in [2.45, 2.75) is 12.3 Å². The summed E-state index contributed by atoms with van der Waals surface area (Å²) in [5.74, 6) is -0.207. The van der Waals surface area contributed by atoms with Crippen molar-refractivity contribution in [3.8, 4) is 0 Å². The van der Waals surface area contributed by atoms with Crippen molar-refractivity contribution >= 4 is 17.5 Å². The predicted octanol–water partition coefficient (Wildman–Crippen LogP) is 4.19. The van der Waals surface area contributed by atoms with Gasteiger partial charge in [-0.1, -0.05) is 78.3 Å². The second kappa shape index (κ2) is 6.03. The van der Waals surface area contributed by atoms with Crippen LogP contribution < -0.4 is 0 Å². The first-order chi connectivity index (χ1) is 12.1. The quantitative estimate of drug-likeness (QED) is 0.770. The van der Waals surface area contributed by atoms with Crippen LogP contribution in [0, 0.1) is 0 Å². The van der Waals surface area contributed by atoms with Crippen LogP contribution in [0.3, 0.4) is 0 Å². The molecule has 3 nitrogen and oxygen atoms in total. The molecule has 0 saturated carbocycles. The molecule has 4 rings (SSSR count). The molecule has 124 valence electrons. The second-order valence-corrected chi connectivity index (χ2v) is 6.47. The van der Waals surface area contributed by atoms with Gasteiger partial charge in [0.25, 0.3) is 5.91 Å². The molecule has 3 aromatic carbocycles. The third-order valence-corrected chi connectivity index (χ3v) is 5.00. The van der Waals surface area contributed by atoms with E-state index < -0.39 is 5.72 Å². The Hall–Kier alpha value is -2.62. The zero-order valence-corrected chi connectivity index (χ0v) is 14.1. The summed E-state index contributed by atoms with van der Waals surface area (Å²) in [6, 6.07) is 23.8. The zero-order chi connectivity index (χ0) is 17.4. The van der Waals surface area contributed by atoms with Crippen LogP contribution in [-0.4, -0.2) is 15.9 Å². The highest BCUT2D eigenvalue weighted by molar-refractivity contribution is 6.31. The molecule has 25 heavy (non-hydrogen) atoms. The maximum absolute atomic E-state index is 13.0. The molecule has 0 aromatic heterocycles. The fourth-order valence-electron chi connectivity index (χ4n) is 3.38. The van der Waals surface area contributed by atoms with Crippen molar-refractivity contribution in [2.75, 3.05) is 0 Å². The molecule has 1 aliphatic rings. The van der Waals surface area contributed by atoms with Crippen LogP contribution in [0.25, 0.3) is 0 Å². The minimum Gasteiger partial charge on any atom is -0.363 e. The number of amides is 1. The highest BCUT2D eigenvalue weighted by Crippen LogP contribution is 2.43. The summed E-state index contributed by atoms with van der Waals surface area (Å²) >= 11 is 6.28. The summed E-state index contributed by atoms with van der Waals surface area (Å²) < 4.78 is 0. The summed E-state index contributed by atoms with van der Waals surface area (Å²) in [5, 5.41) is 12.2. The van der Waals surface area contributed by atoms with Gasteiger partial charge in [0, 0.05) is 21.7 Å². The lowest BCUT2D eigenvalue weighted by molar-refractivity contribution is -0.0542. The number of hydrogen-bond donors (Lipinski definition) is 1. The van der Waals surface area contributed by atoms with Crippen LogP contribution >= 0.6 is 11.6 Å². The lowest BCUT2D eigenvalue weighted by Crippen LogP contribution is -2.44. The zero-order valence-electron chi connectivity index (χ0n) is 13.4. The van der Waals surface area contributed by atoms with E-state index in [9.17, 15) is 9.90 Å². The van der Waals surface area contributed by atoms with Crippen LogP contribution in [0.5, 0.6) is 0 Å². The fourth-order valence-corrected chi connectivity index (χ4v) is 3.57. The van der Waals surface area contributed by atoms with Crippen molar-refractivity contribution in [2.24, 2.45) is 0 Å². The van der Waals surface area contributed by atoms with Gasteiger partial charge in [-0.2, -0.15) is 0 Å². The molecule has 1 N–H and O–H groups in total. The molecule has 0 bridgehead atoms. The Bertz CT molecular complexity index is 941. The number of hydrogen-bond acceptors (Lipinski definition) is 2. The third kappa shape index (κ3) is 2.44. The van der Waals surface area contributed by atoms with Gasteiger partial charge in [0.15, 0.2) is 5.72 Å². The molecule has 1 heterocycles. The molecule has 0 aliphatic carbocycles. The Kier molecular flexibility index (Phi) is 3.83. The molecule has 0 radical (unpaired) electrons. The van der Waals surface area contributed by atoms with Gasteiger partial charge < -0.3 is 5.11 Å². The van der Waals surface area contributed by atoms with Crippen molar-refractivity contribution in [1.82, 2.24) is 4.90 Å². The second-order valence-electron chi connectivity index (χ2n) is 6.07. The lowest BCUT2D eigenvalue weighted by atomic mass is 9.93. The smallest absolute Gasteiger partial charge is 0.257 e. The normalized spacial score (nSPS) is 19.1. The van der Waals surface area contributed by atoms with Crippen LogP contribution in [0.1, 0.15) is 27.0 Å². The van der Waals surface area contributed by atoms with Gasteiger partial charge in [0.05, 0.1) is 6.54 Å². The number of nitrogens with zero attached hydrogens (tertiary/aromatic N) is 1. The van der Waals surface area contributed by atoms with Gasteiger partial charge in [-0.05, 0) is 17.7 Å². The molecule has 0 unspecified atom stereocenters. The summed E-state index contributed by atoms with van der Waals surface area (Å²) in [5.41, 5.74) is 1.04. The Morgan fingerprint density at radius 1 is 0.880 bits per heavy atom. The standard InChI is InChI=1S/C21H16ClNO2/c22-19-13-7-4-8-15(19)14-23-20(24)17-11-5-6-12-18(17)21(23,25)16-9-2-1-3-10-16/h1-13,25H,14H2/t21-/m1/s1. The number of halogens is 1. The lowest BCUT2D eigenvalue weighted by Gasteiger charge is -2.35. The summed E-state index contributed by atoms with van der Waals surface area (Å²) in [4.78, 5) is 14.5. The van der Waals surface area contributed by atoms with E-state index in [1.807, 2.05) is 54.6 Å². The van der Waals surface area contributed by atoms with E-state index in [-0.39, 0.29) is 12.5 Å². The molecule has 1 atom stereocenters. The van der Waals surface area contributed by atoms with Crippen LogP contribution in [0.15, 0.2) is 78.9 Å². The van der Waals surface area contributed by atoms with Gasteiger partial charge in [-0.3, -0.25) is 9.69 Å². The molecule has 0 saturated heterocycles. The van der Waals surface area contributed by atoms with Gasteiger partial charge >= 0.3 is 0 Å². The van der Waals surface area contributed by atoms with Crippen LogP contribution in [-0.2, 0) is 12.3 Å². The Morgan fingerprint density at radius 2 is 1.52 bits per heavy atom. The van der Waals surface area contributed by atoms with E-state index in [0.717, 1.165) is 5.56 Å². The van der Waals surface area contributed by atoms with E-state index in [4.69, 9.17) is 11.6 Å². The fraction of sp³-hybridized carbons (Fsp3) is 0.0952. The molecular formula is C21H16ClNO2. The van der Waals surface area contributed by atoms with Crippen molar-refractivity contribution in [1.29, 1.82) is 0 Å². The number of benzene rings is 3. The van der Waals surface area contributed by atoms with Gasteiger partial charge in [0.1, 0.15) is 0 Å². The Balaban J connectivity index is 1.88. The van der Waals surface area contributed by atoms with Crippen LogP contribution in [0.2, 0.25) is 5.02 Å². The van der Waals surface area contributed by atoms with E-state index in [2.05, 4.69) is 0 Å². The monoisotopic (exact) mass is 349 g/mol. The van der Waals surface area contributed by atoms with E-state index >= 15 is 0 Å². The first kappa shape index (κ1) is 15.9. The molecule has 0 fully saturated rings. The number of aliphatic hydroxyl groups is 1. The summed E-state index contributed by atoms with van der Waals surface area (Å²) in [6.45, 7) is 0.221. The highest BCUT2D eigenvalue weighted by atomic mass is 35.5. The maximum Gasteiger partial charge on any atom is 0.257 e. The number of carbonyl (C=O) groups is 1. The maximum atomic E-state index is 13.0. The largest absolute Gasteiger partial charge is 0.363 e. The number of carbonyl (C=O) groups excluding carboxylic acids is 1. The van der Waals surface area contributed by atoms with E-state index in [1.54, 1.807) is 24.3 Å². The Labute approximate surface area is 151 Å².